The van der Waals surface area contributed by atoms with Gasteiger partial charge in [-0.3, -0.25) is 14.2 Å². The van der Waals surface area contributed by atoms with Crippen LogP contribution >= 0.6 is 0 Å². The number of fused-ring (bicyclic) bond motifs is 1. The molecule has 1 aromatic carbocycles. The largest absolute Gasteiger partial charge is 0.484 e. The fourth-order valence-electron chi connectivity index (χ4n) is 4.22. The van der Waals surface area contributed by atoms with E-state index >= 15 is 0 Å². The topological polar surface area (TPSA) is 98.5 Å². The summed E-state index contributed by atoms with van der Waals surface area (Å²) in [6, 6.07) is 6.86. The van der Waals surface area contributed by atoms with Crippen molar-refractivity contribution in [2.24, 2.45) is 7.05 Å². The van der Waals surface area contributed by atoms with Crippen LogP contribution in [0.25, 0.3) is 0 Å². The number of nitrogens with one attached hydrogen (secondary N) is 1. The number of nitrogens with zero attached hydrogens (tertiary/aromatic N) is 4. The Kier molecular flexibility index (Phi) is 6.39. The van der Waals surface area contributed by atoms with Crippen LogP contribution in [0.4, 0.5) is 0 Å². The predicted octanol–water partition coefficient (Wildman–Crippen LogP) is 1.11. The maximum atomic E-state index is 12.8. The molecule has 0 radical (unpaired) electrons. The quantitative estimate of drug-likeness (QED) is 0.771. The van der Waals surface area contributed by atoms with Gasteiger partial charge in [-0.2, -0.15) is 5.10 Å². The van der Waals surface area contributed by atoms with Gasteiger partial charge in [0, 0.05) is 44.7 Å². The number of rotatable bonds is 5. The fraction of sp³-hybridized carbons (Fsp3) is 0.545. The molecule has 0 bridgehead atoms. The Morgan fingerprint density at radius 1 is 1.16 bits per heavy atom. The summed E-state index contributed by atoms with van der Waals surface area (Å²) in [7, 11) is 1.65. The molecule has 9 nitrogen and oxygen atoms in total. The van der Waals surface area contributed by atoms with Gasteiger partial charge in [-0.15, -0.1) is 0 Å². The van der Waals surface area contributed by atoms with Crippen LogP contribution in [0.2, 0.25) is 0 Å². The van der Waals surface area contributed by atoms with Gasteiger partial charge in [-0.25, -0.2) is 9.48 Å². The van der Waals surface area contributed by atoms with Gasteiger partial charge in [0.2, 0.25) is 0 Å². The van der Waals surface area contributed by atoms with Gasteiger partial charge in [0.25, 0.3) is 11.8 Å². The average molecular weight is 428 g/mol. The van der Waals surface area contributed by atoms with E-state index in [1.807, 2.05) is 4.90 Å². The van der Waals surface area contributed by atoms with Gasteiger partial charge in [-0.05, 0) is 50.3 Å². The zero-order valence-corrected chi connectivity index (χ0v) is 17.9. The molecule has 2 aliphatic heterocycles. The highest BCUT2D eigenvalue weighted by Crippen LogP contribution is 2.16. The van der Waals surface area contributed by atoms with E-state index in [0.29, 0.717) is 30.7 Å². The molecule has 2 aliphatic rings. The number of hydrogen-bond donors (Lipinski definition) is 1. The highest BCUT2D eigenvalue weighted by Gasteiger charge is 2.22. The number of likely N-dealkylation sites (tertiary alicyclic amines) is 1. The van der Waals surface area contributed by atoms with Crippen molar-refractivity contribution in [2.75, 3.05) is 19.7 Å². The second-order valence-corrected chi connectivity index (χ2v) is 8.23. The van der Waals surface area contributed by atoms with Crippen LogP contribution in [0.5, 0.6) is 5.75 Å². The molecule has 9 heteroatoms. The van der Waals surface area contributed by atoms with Crippen molar-refractivity contribution in [1.82, 2.24) is 24.6 Å². The number of carbonyl (C=O) groups excluding carboxylic acids is 2. The molecule has 1 atom stereocenters. The number of amides is 2. The molecule has 2 aromatic rings. The summed E-state index contributed by atoms with van der Waals surface area (Å²) in [4.78, 5) is 39.0. The first kappa shape index (κ1) is 21.1. The molecule has 0 aliphatic carbocycles. The Morgan fingerprint density at radius 2 is 1.97 bits per heavy atom. The summed E-state index contributed by atoms with van der Waals surface area (Å²) in [5, 5.41) is 7.33. The normalized spacial score (nSPS) is 18.7. The summed E-state index contributed by atoms with van der Waals surface area (Å²) in [6.07, 6.45) is 5.29. The number of aryl methyl sites for hydroxylation is 2. The molecule has 1 saturated heterocycles. The van der Waals surface area contributed by atoms with Crippen molar-refractivity contribution >= 4 is 11.8 Å². The Morgan fingerprint density at radius 3 is 2.77 bits per heavy atom. The second-order valence-electron chi connectivity index (χ2n) is 8.23. The minimum Gasteiger partial charge on any atom is -0.484 e. The Bertz CT molecular complexity index is 1010. The van der Waals surface area contributed by atoms with Gasteiger partial charge < -0.3 is 15.0 Å². The van der Waals surface area contributed by atoms with E-state index in [2.05, 4.69) is 10.4 Å². The van der Waals surface area contributed by atoms with Crippen LogP contribution in [0, 0.1) is 0 Å². The third-order valence-corrected chi connectivity index (χ3v) is 6.00. The van der Waals surface area contributed by atoms with Crippen LogP contribution in [0.15, 0.2) is 29.1 Å². The highest BCUT2D eigenvalue weighted by molar-refractivity contribution is 5.94. The maximum absolute atomic E-state index is 12.8. The molecule has 1 aromatic heterocycles. The van der Waals surface area contributed by atoms with Crippen molar-refractivity contribution in [2.45, 2.75) is 51.1 Å². The molecular weight excluding hydrogens is 398 g/mol. The predicted molar refractivity (Wildman–Crippen MR) is 114 cm³/mol. The van der Waals surface area contributed by atoms with Crippen LogP contribution in [0.3, 0.4) is 0 Å². The van der Waals surface area contributed by atoms with Gasteiger partial charge in [-0.1, -0.05) is 6.07 Å². The molecule has 1 unspecified atom stereocenters. The molecule has 0 spiro atoms. The lowest BCUT2D eigenvalue weighted by Gasteiger charge is -2.26. The van der Waals surface area contributed by atoms with Gasteiger partial charge in [0.05, 0.1) is 0 Å². The molecule has 3 heterocycles. The first-order chi connectivity index (χ1) is 15.0. The number of aromatic nitrogens is 3. The minimum absolute atomic E-state index is 0.0170. The first-order valence-electron chi connectivity index (χ1n) is 11.0. The zero-order valence-electron chi connectivity index (χ0n) is 17.9. The summed E-state index contributed by atoms with van der Waals surface area (Å²) >= 11 is 0. The second kappa shape index (κ2) is 9.36. The highest BCUT2D eigenvalue weighted by atomic mass is 16.5. The molecule has 31 heavy (non-hydrogen) atoms. The van der Waals surface area contributed by atoms with Crippen molar-refractivity contribution < 1.29 is 14.3 Å². The van der Waals surface area contributed by atoms with E-state index in [1.165, 1.54) is 11.1 Å². The van der Waals surface area contributed by atoms with Crippen molar-refractivity contribution in [3.05, 3.63) is 46.1 Å². The number of ether oxygens (including phenoxy) is 1. The van der Waals surface area contributed by atoms with E-state index in [-0.39, 0.29) is 30.2 Å². The lowest BCUT2D eigenvalue weighted by Crippen LogP contribution is -2.38. The smallest absolute Gasteiger partial charge is 0.345 e. The fourth-order valence-corrected chi connectivity index (χ4v) is 4.22. The average Bonchev–Trinajstić information content (AvgIpc) is 2.94. The lowest BCUT2D eigenvalue weighted by atomic mass is 10.1. The van der Waals surface area contributed by atoms with Gasteiger partial charge in [0.1, 0.15) is 11.6 Å². The Labute approximate surface area is 181 Å². The van der Waals surface area contributed by atoms with Crippen LogP contribution in [-0.4, -0.2) is 56.8 Å². The van der Waals surface area contributed by atoms with E-state index in [1.54, 1.807) is 35.9 Å². The standard InChI is InChI=1S/C22H29N5O4/c1-25-22(30)27-13-10-17(8-9-19(27)24-25)23-21(29)16-6-5-7-18(14-16)31-15-20(28)26-11-3-2-4-12-26/h5-7,14,17H,2-4,8-13,15H2,1H3,(H,23,29). The third-order valence-electron chi connectivity index (χ3n) is 6.00. The summed E-state index contributed by atoms with van der Waals surface area (Å²) in [5.41, 5.74) is 0.367. The van der Waals surface area contributed by atoms with E-state index in [4.69, 9.17) is 4.74 Å². The summed E-state index contributed by atoms with van der Waals surface area (Å²) in [6.45, 7) is 2.10. The lowest BCUT2D eigenvalue weighted by molar-refractivity contribution is -0.134. The zero-order chi connectivity index (χ0) is 21.8. The SMILES string of the molecule is Cn1nc2n(c1=O)CCC(NC(=O)c1cccc(OCC(=O)N3CCCCC3)c1)CC2. The molecule has 1 N–H and O–H groups in total. The van der Waals surface area contributed by atoms with Gasteiger partial charge in [0.15, 0.2) is 6.61 Å². The molecule has 4 rings (SSSR count). The van der Waals surface area contributed by atoms with Crippen molar-refractivity contribution in [3.8, 4) is 5.75 Å². The van der Waals surface area contributed by atoms with Crippen LogP contribution in [0.1, 0.15) is 48.3 Å². The number of piperidine rings is 1. The summed E-state index contributed by atoms with van der Waals surface area (Å²) in [5.74, 6) is 1.06. The van der Waals surface area contributed by atoms with Crippen molar-refractivity contribution in [1.29, 1.82) is 0 Å². The van der Waals surface area contributed by atoms with Gasteiger partial charge >= 0.3 is 5.69 Å². The van der Waals surface area contributed by atoms with Crippen LogP contribution in [-0.2, 0) is 24.8 Å². The maximum Gasteiger partial charge on any atom is 0.345 e. The number of hydrogen-bond acceptors (Lipinski definition) is 5. The Balaban J connectivity index is 1.32. The molecule has 166 valence electrons. The van der Waals surface area contributed by atoms with E-state index < -0.39 is 0 Å². The molecule has 2 amide bonds. The van der Waals surface area contributed by atoms with E-state index in [9.17, 15) is 14.4 Å². The summed E-state index contributed by atoms with van der Waals surface area (Å²) < 4.78 is 8.70. The monoisotopic (exact) mass is 427 g/mol. The first-order valence-corrected chi connectivity index (χ1v) is 11.0. The third kappa shape index (κ3) is 4.98. The molecule has 1 fully saturated rings. The molecular formula is C22H29N5O4. The van der Waals surface area contributed by atoms with E-state index in [0.717, 1.165) is 38.2 Å². The minimum atomic E-state index is -0.190. The van der Waals surface area contributed by atoms with Crippen LogP contribution < -0.4 is 15.7 Å². The number of benzene rings is 1. The van der Waals surface area contributed by atoms with Crippen molar-refractivity contribution in [3.63, 3.8) is 0 Å². The molecule has 0 saturated carbocycles. The Hall–Kier alpha value is -3.10. The number of carbonyl (C=O) groups is 2.